The first-order valence-electron chi connectivity index (χ1n) is 8.02. The van der Waals surface area contributed by atoms with Crippen LogP contribution in [-0.4, -0.2) is 35.9 Å². The zero-order chi connectivity index (χ0) is 19.1. The fourth-order valence-electron chi connectivity index (χ4n) is 2.22. The van der Waals surface area contributed by atoms with Crippen molar-refractivity contribution in [3.05, 3.63) is 65.5 Å². The molecule has 2 aromatic rings. The van der Waals surface area contributed by atoms with Crippen molar-refractivity contribution in [2.24, 2.45) is 0 Å². The van der Waals surface area contributed by atoms with Crippen LogP contribution in [0.1, 0.15) is 22.3 Å². The number of benzene rings is 2. The predicted octanol–water partition coefficient (Wildman–Crippen LogP) is 2.97. The summed E-state index contributed by atoms with van der Waals surface area (Å²) in [4.78, 5) is 25.3. The van der Waals surface area contributed by atoms with E-state index < -0.39 is 11.7 Å². The molecule has 2 aromatic carbocycles. The van der Waals surface area contributed by atoms with E-state index in [0.717, 1.165) is 5.56 Å². The van der Waals surface area contributed by atoms with Gasteiger partial charge in [0, 0.05) is 31.8 Å². The first-order valence-corrected chi connectivity index (χ1v) is 8.43. The zero-order valence-corrected chi connectivity index (χ0v) is 15.4. The average molecular weight is 373 g/mol. The lowest BCUT2D eigenvalue weighted by molar-refractivity contribution is -0.128. The van der Waals surface area contributed by atoms with E-state index in [0.29, 0.717) is 24.1 Å². The second kappa shape index (κ2) is 9.05. The number of hydrogen-bond acceptors (Lipinski definition) is 3. The summed E-state index contributed by atoms with van der Waals surface area (Å²) in [6, 6.07) is 12.7. The number of nitrogens with zero attached hydrogens (tertiary/aromatic N) is 1. The van der Waals surface area contributed by atoms with Crippen LogP contribution in [0.3, 0.4) is 0 Å². The number of rotatable bonds is 5. The van der Waals surface area contributed by atoms with Crippen molar-refractivity contribution in [3.63, 3.8) is 0 Å². The van der Waals surface area contributed by atoms with E-state index in [1.807, 2.05) is 24.3 Å². The lowest BCUT2D eigenvalue weighted by Gasteiger charge is -2.12. The van der Waals surface area contributed by atoms with Crippen molar-refractivity contribution in [2.45, 2.75) is 12.8 Å². The molecule has 5 nitrogen and oxygen atoms in total. The first kappa shape index (κ1) is 19.5. The number of aryl methyl sites for hydroxylation is 1. The van der Waals surface area contributed by atoms with Gasteiger partial charge in [-0.2, -0.15) is 0 Å². The Hall–Kier alpha value is -2.80. The van der Waals surface area contributed by atoms with Crippen molar-refractivity contribution in [3.8, 4) is 0 Å². The molecule has 0 atom stereocenters. The minimum absolute atomic E-state index is 0.0606. The molecule has 0 heterocycles. The van der Waals surface area contributed by atoms with E-state index in [9.17, 15) is 14.0 Å². The lowest BCUT2D eigenvalue weighted by Crippen LogP contribution is -2.34. The highest BCUT2D eigenvalue weighted by molar-refractivity contribution is 7.80. The zero-order valence-electron chi connectivity index (χ0n) is 14.6. The van der Waals surface area contributed by atoms with Crippen LogP contribution < -0.4 is 10.6 Å². The van der Waals surface area contributed by atoms with Gasteiger partial charge in [0.1, 0.15) is 5.82 Å². The van der Waals surface area contributed by atoms with Crippen molar-refractivity contribution < 1.29 is 14.0 Å². The molecule has 0 saturated carbocycles. The number of carbonyl (C=O) groups excluding carboxylic acids is 2. The van der Waals surface area contributed by atoms with Gasteiger partial charge in [-0.1, -0.05) is 12.1 Å². The SMILES string of the molecule is CN(C)C(=O)CCc1cccc(NC(=S)NC(=O)c2ccc(F)cc2)c1. The summed E-state index contributed by atoms with van der Waals surface area (Å²) in [5.74, 6) is -0.771. The standard InChI is InChI=1S/C19H20FN3O2S/c1-23(2)17(24)11-6-13-4-3-5-16(12-13)21-19(26)22-18(25)14-7-9-15(20)10-8-14/h3-5,7-10,12H,6,11H2,1-2H3,(H2,21,22,25,26). The molecule has 0 bridgehead atoms. The minimum atomic E-state index is -0.421. The summed E-state index contributed by atoms with van der Waals surface area (Å²) in [5, 5.41) is 5.62. The maximum Gasteiger partial charge on any atom is 0.257 e. The molecule has 0 aliphatic heterocycles. The van der Waals surface area contributed by atoms with Crippen LogP contribution >= 0.6 is 12.2 Å². The van der Waals surface area contributed by atoms with Gasteiger partial charge < -0.3 is 10.2 Å². The molecule has 0 radical (unpaired) electrons. The van der Waals surface area contributed by atoms with Gasteiger partial charge in [-0.15, -0.1) is 0 Å². The van der Waals surface area contributed by atoms with Gasteiger partial charge in [0.25, 0.3) is 5.91 Å². The van der Waals surface area contributed by atoms with Crippen LogP contribution in [0.5, 0.6) is 0 Å². The minimum Gasteiger partial charge on any atom is -0.349 e. The van der Waals surface area contributed by atoms with Crippen LogP contribution in [-0.2, 0) is 11.2 Å². The predicted molar refractivity (Wildman–Crippen MR) is 104 cm³/mol. The Balaban J connectivity index is 1.92. The quantitative estimate of drug-likeness (QED) is 0.791. The smallest absolute Gasteiger partial charge is 0.257 e. The third-order valence-electron chi connectivity index (χ3n) is 3.64. The Kier molecular flexibility index (Phi) is 6.80. The van der Waals surface area contributed by atoms with Crippen molar-refractivity contribution in [1.29, 1.82) is 0 Å². The molecule has 0 aliphatic rings. The highest BCUT2D eigenvalue weighted by Crippen LogP contribution is 2.13. The molecule has 0 spiro atoms. The van der Waals surface area contributed by atoms with E-state index >= 15 is 0 Å². The summed E-state index contributed by atoms with van der Waals surface area (Å²) < 4.78 is 12.9. The van der Waals surface area contributed by atoms with Gasteiger partial charge in [0.2, 0.25) is 5.91 Å². The molecular formula is C19H20FN3O2S. The van der Waals surface area contributed by atoms with Crippen LogP contribution in [0.4, 0.5) is 10.1 Å². The average Bonchev–Trinajstić information content (AvgIpc) is 2.60. The monoisotopic (exact) mass is 373 g/mol. The summed E-state index contributed by atoms with van der Waals surface area (Å²) in [7, 11) is 3.45. The van der Waals surface area contributed by atoms with Gasteiger partial charge in [-0.25, -0.2) is 4.39 Å². The third kappa shape index (κ3) is 5.93. The molecule has 0 aromatic heterocycles. The van der Waals surface area contributed by atoms with Crippen LogP contribution in [0.15, 0.2) is 48.5 Å². The number of carbonyl (C=O) groups is 2. The molecule has 7 heteroatoms. The van der Waals surface area contributed by atoms with E-state index in [2.05, 4.69) is 10.6 Å². The Morgan fingerprint density at radius 1 is 1.12 bits per heavy atom. The van der Waals surface area contributed by atoms with Gasteiger partial charge in [-0.05, 0) is 60.6 Å². The van der Waals surface area contributed by atoms with Crippen molar-refractivity contribution in [1.82, 2.24) is 10.2 Å². The maximum absolute atomic E-state index is 12.9. The fraction of sp³-hybridized carbons (Fsp3) is 0.211. The summed E-state index contributed by atoms with van der Waals surface area (Å²) in [6.07, 6.45) is 1.03. The molecule has 0 aliphatic carbocycles. The fourth-order valence-corrected chi connectivity index (χ4v) is 2.43. The van der Waals surface area contributed by atoms with E-state index in [1.165, 1.54) is 24.3 Å². The topological polar surface area (TPSA) is 61.4 Å². The lowest BCUT2D eigenvalue weighted by atomic mass is 10.1. The molecule has 0 saturated heterocycles. The first-order chi connectivity index (χ1) is 12.3. The van der Waals surface area contributed by atoms with Crippen LogP contribution in [0, 0.1) is 5.82 Å². The summed E-state index contributed by atoms with van der Waals surface area (Å²) in [6.45, 7) is 0. The number of amides is 2. The number of nitrogens with one attached hydrogen (secondary N) is 2. The summed E-state index contributed by atoms with van der Waals surface area (Å²) >= 11 is 5.14. The molecular weight excluding hydrogens is 353 g/mol. The highest BCUT2D eigenvalue weighted by Gasteiger charge is 2.09. The third-order valence-corrected chi connectivity index (χ3v) is 3.85. The Bertz CT molecular complexity index is 807. The van der Waals surface area contributed by atoms with Gasteiger partial charge in [-0.3, -0.25) is 14.9 Å². The van der Waals surface area contributed by atoms with Crippen LogP contribution in [0.25, 0.3) is 0 Å². The Morgan fingerprint density at radius 2 is 1.81 bits per heavy atom. The molecule has 136 valence electrons. The van der Waals surface area contributed by atoms with E-state index in [4.69, 9.17) is 12.2 Å². The van der Waals surface area contributed by atoms with E-state index in [1.54, 1.807) is 19.0 Å². The number of anilines is 1. The second-order valence-electron chi connectivity index (χ2n) is 5.90. The normalized spacial score (nSPS) is 10.1. The van der Waals surface area contributed by atoms with Crippen LogP contribution in [0.2, 0.25) is 0 Å². The molecule has 0 fully saturated rings. The van der Waals surface area contributed by atoms with Gasteiger partial charge >= 0.3 is 0 Å². The molecule has 2 N–H and O–H groups in total. The number of halogens is 1. The summed E-state index contributed by atoms with van der Waals surface area (Å²) in [5.41, 5.74) is 2.01. The molecule has 26 heavy (non-hydrogen) atoms. The molecule has 2 rings (SSSR count). The molecule has 2 amide bonds. The largest absolute Gasteiger partial charge is 0.349 e. The van der Waals surface area contributed by atoms with Gasteiger partial charge in [0.05, 0.1) is 0 Å². The second-order valence-corrected chi connectivity index (χ2v) is 6.31. The maximum atomic E-state index is 12.9. The number of hydrogen-bond donors (Lipinski definition) is 2. The number of thiocarbonyl (C=S) groups is 1. The van der Waals surface area contributed by atoms with Gasteiger partial charge in [0.15, 0.2) is 5.11 Å². The van der Waals surface area contributed by atoms with Crippen molar-refractivity contribution >= 4 is 34.8 Å². The Morgan fingerprint density at radius 3 is 2.46 bits per heavy atom. The Labute approximate surface area is 157 Å². The van der Waals surface area contributed by atoms with Crippen molar-refractivity contribution in [2.75, 3.05) is 19.4 Å². The molecule has 0 unspecified atom stereocenters. The highest BCUT2D eigenvalue weighted by atomic mass is 32.1. The van der Waals surface area contributed by atoms with E-state index in [-0.39, 0.29) is 11.0 Å².